The number of hydrogen-bond acceptors (Lipinski definition) is 6. The number of imide groups is 2. The maximum absolute atomic E-state index is 14.7. The van der Waals surface area contributed by atoms with E-state index in [0.29, 0.717) is 65.3 Å². The predicted octanol–water partition coefficient (Wildman–Crippen LogP) is 13.3. The summed E-state index contributed by atoms with van der Waals surface area (Å²) in [5, 5.41) is 26.2. The second-order valence-corrected chi connectivity index (χ2v) is 17.4. The average molecular weight is 805 g/mol. The van der Waals surface area contributed by atoms with Crippen LogP contribution < -0.4 is 0 Å². The Balaban J connectivity index is 1.40. The minimum atomic E-state index is -0.379. The predicted molar refractivity (Wildman–Crippen MR) is 241 cm³/mol. The highest BCUT2D eigenvalue weighted by atomic mass is 16.2. The molecular weight excluding hydrogens is 745 g/mol. The fourth-order valence-electron chi connectivity index (χ4n) is 10.4. The molecule has 0 atom stereocenters. The van der Waals surface area contributed by atoms with E-state index in [4.69, 9.17) is 0 Å². The first-order valence-electron chi connectivity index (χ1n) is 23.1. The van der Waals surface area contributed by atoms with Crippen LogP contribution in [0.1, 0.15) is 209 Å². The second-order valence-electron chi connectivity index (χ2n) is 17.4. The fourth-order valence-corrected chi connectivity index (χ4v) is 10.4. The molecule has 0 aliphatic carbocycles. The number of benzene rings is 5. The number of fused-ring (bicyclic) bond motifs is 2. The van der Waals surface area contributed by atoms with Crippen molar-refractivity contribution in [1.29, 1.82) is 10.5 Å². The molecular formula is C52H60N4O4. The van der Waals surface area contributed by atoms with Gasteiger partial charge in [0.15, 0.2) is 0 Å². The molecule has 0 fully saturated rings. The van der Waals surface area contributed by atoms with Crippen LogP contribution in [0.15, 0.2) is 36.4 Å². The van der Waals surface area contributed by atoms with Gasteiger partial charge in [-0.05, 0) is 60.7 Å². The van der Waals surface area contributed by atoms with E-state index in [1.54, 1.807) is 24.3 Å². The summed E-state index contributed by atoms with van der Waals surface area (Å²) in [5.41, 5.74) is 2.04. The summed E-state index contributed by atoms with van der Waals surface area (Å²) in [4.78, 5) is 61.8. The van der Waals surface area contributed by atoms with Crippen LogP contribution in [0.4, 0.5) is 0 Å². The number of nitriles is 2. The lowest BCUT2D eigenvalue weighted by Gasteiger charge is -2.36. The number of amides is 4. The Bertz CT molecular complexity index is 2340. The molecule has 8 heteroatoms. The van der Waals surface area contributed by atoms with Crippen molar-refractivity contribution in [1.82, 2.24) is 9.80 Å². The Labute approximate surface area is 355 Å². The zero-order valence-electron chi connectivity index (χ0n) is 36.2. The molecule has 0 radical (unpaired) electrons. The van der Waals surface area contributed by atoms with Gasteiger partial charge in [0.2, 0.25) is 0 Å². The third-order valence-electron chi connectivity index (χ3n) is 13.4. The number of rotatable bonds is 22. The lowest BCUT2D eigenvalue weighted by atomic mass is 9.79. The highest BCUT2D eigenvalue weighted by molar-refractivity contribution is 6.42. The van der Waals surface area contributed by atoms with Crippen LogP contribution >= 0.6 is 0 Å². The summed E-state index contributed by atoms with van der Waals surface area (Å²) in [5.74, 6) is -1.40. The molecule has 8 nitrogen and oxygen atoms in total. The van der Waals surface area contributed by atoms with Crippen LogP contribution in [-0.4, -0.2) is 45.5 Å². The topological polar surface area (TPSA) is 122 Å². The number of carbonyl (C=O) groups excluding carboxylic acids is 4. The lowest BCUT2D eigenvalue weighted by Crippen LogP contribution is -2.47. The third-order valence-corrected chi connectivity index (χ3v) is 13.4. The van der Waals surface area contributed by atoms with E-state index in [-0.39, 0.29) is 46.8 Å². The first kappa shape index (κ1) is 42.8. The summed E-state index contributed by atoms with van der Waals surface area (Å²) in [6, 6.07) is 14.8. The Morgan fingerprint density at radius 2 is 0.733 bits per heavy atom. The minimum Gasteiger partial charge on any atom is -0.271 e. The van der Waals surface area contributed by atoms with Crippen molar-refractivity contribution in [3.05, 3.63) is 69.8 Å². The minimum absolute atomic E-state index is 0.247. The van der Waals surface area contributed by atoms with Crippen LogP contribution in [0, 0.1) is 22.7 Å². The zero-order valence-corrected chi connectivity index (χ0v) is 36.2. The van der Waals surface area contributed by atoms with Crippen molar-refractivity contribution >= 4 is 66.7 Å². The SMILES string of the molecule is CCCCCCC(CCCCCC)N1C(=O)c2ccc3c4c(C#N)cc5c6c(ccc(c7c(C#N)cc(c2c37)C1=O)c64)C(=O)N(C(CCCCCC)CCCCCC)C5=O. The van der Waals surface area contributed by atoms with E-state index in [0.717, 1.165) is 128 Å². The molecule has 0 spiro atoms. The maximum Gasteiger partial charge on any atom is 0.261 e. The largest absolute Gasteiger partial charge is 0.271 e. The van der Waals surface area contributed by atoms with Crippen molar-refractivity contribution in [2.24, 2.45) is 0 Å². The van der Waals surface area contributed by atoms with Crippen molar-refractivity contribution in [2.75, 3.05) is 0 Å². The Kier molecular flexibility index (Phi) is 13.5. The van der Waals surface area contributed by atoms with Crippen molar-refractivity contribution in [2.45, 2.75) is 168 Å². The van der Waals surface area contributed by atoms with Gasteiger partial charge in [0.25, 0.3) is 23.6 Å². The molecule has 5 aromatic carbocycles. The number of nitrogens with zero attached hydrogens (tertiary/aromatic N) is 4. The molecule has 2 aliphatic heterocycles. The first-order valence-corrected chi connectivity index (χ1v) is 23.1. The summed E-state index contributed by atoms with van der Waals surface area (Å²) in [7, 11) is 0. The van der Waals surface area contributed by atoms with Gasteiger partial charge in [-0.3, -0.25) is 29.0 Å². The zero-order chi connectivity index (χ0) is 42.5. The van der Waals surface area contributed by atoms with E-state index >= 15 is 0 Å². The van der Waals surface area contributed by atoms with Gasteiger partial charge >= 0.3 is 0 Å². The van der Waals surface area contributed by atoms with E-state index in [2.05, 4.69) is 39.8 Å². The van der Waals surface area contributed by atoms with E-state index in [9.17, 15) is 29.7 Å². The van der Waals surface area contributed by atoms with Gasteiger partial charge in [0.1, 0.15) is 0 Å². The second kappa shape index (κ2) is 18.9. The molecule has 60 heavy (non-hydrogen) atoms. The van der Waals surface area contributed by atoms with Gasteiger partial charge in [0.05, 0.1) is 34.4 Å². The number of hydrogen-bond donors (Lipinski definition) is 0. The molecule has 0 unspecified atom stereocenters. The summed E-state index contributed by atoms with van der Waals surface area (Å²) in [6.07, 6.45) is 19.6. The molecule has 2 heterocycles. The quantitative estimate of drug-likeness (QED) is 0.0297. The monoisotopic (exact) mass is 804 g/mol. The van der Waals surface area contributed by atoms with Gasteiger partial charge < -0.3 is 0 Å². The van der Waals surface area contributed by atoms with E-state index in [1.165, 1.54) is 9.80 Å². The maximum atomic E-state index is 14.7. The first-order chi connectivity index (χ1) is 29.3. The highest BCUT2D eigenvalue weighted by Gasteiger charge is 2.41. The summed E-state index contributed by atoms with van der Waals surface area (Å²) < 4.78 is 0. The molecule has 312 valence electrons. The lowest BCUT2D eigenvalue weighted by molar-refractivity contribution is 0.0501. The highest BCUT2D eigenvalue weighted by Crippen LogP contribution is 2.49. The van der Waals surface area contributed by atoms with Gasteiger partial charge in [-0.15, -0.1) is 0 Å². The standard InChI is InChI=1S/C52H60N4O4/c1-5-9-13-17-21-35(22-18-14-10-6-2)55-49(57)39-27-25-37-44-34(32-54)30-42-46-40(50(58)56(52(42)60)36(23-19-15-11-7-3)24-20-16-12-8-4)28-26-38(48(44)46)43-33(31-53)29-41(51(55)59)45(39)47(37)43/h25-30,35-36H,5-24H2,1-4H3. The molecule has 0 N–H and O–H groups in total. The molecule has 0 saturated heterocycles. The smallest absolute Gasteiger partial charge is 0.261 e. The van der Waals surface area contributed by atoms with Gasteiger partial charge in [-0.25, -0.2) is 0 Å². The Morgan fingerprint density at radius 1 is 0.417 bits per heavy atom. The van der Waals surface area contributed by atoms with Crippen LogP contribution in [0.3, 0.4) is 0 Å². The van der Waals surface area contributed by atoms with Gasteiger partial charge in [-0.1, -0.05) is 143 Å². The van der Waals surface area contributed by atoms with Crippen LogP contribution in [-0.2, 0) is 0 Å². The van der Waals surface area contributed by atoms with E-state index < -0.39 is 0 Å². The molecule has 0 saturated carbocycles. The van der Waals surface area contributed by atoms with Gasteiger partial charge in [0, 0.05) is 55.5 Å². The molecule has 0 bridgehead atoms. The Hall–Kier alpha value is -5.34. The molecule has 4 amide bonds. The van der Waals surface area contributed by atoms with Crippen LogP contribution in [0.5, 0.6) is 0 Å². The fraction of sp³-hybridized carbons (Fsp3) is 0.500. The molecule has 0 aromatic heterocycles. The van der Waals surface area contributed by atoms with Crippen LogP contribution in [0.25, 0.3) is 43.1 Å². The third kappa shape index (κ3) is 7.53. The average Bonchev–Trinajstić information content (AvgIpc) is 3.26. The van der Waals surface area contributed by atoms with E-state index in [1.807, 2.05) is 12.1 Å². The number of carbonyl (C=O) groups is 4. The van der Waals surface area contributed by atoms with Crippen molar-refractivity contribution in [3.8, 4) is 12.1 Å². The molecule has 5 aromatic rings. The Morgan fingerprint density at radius 3 is 1.03 bits per heavy atom. The molecule has 7 rings (SSSR count). The summed E-state index contributed by atoms with van der Waals surface area (Å²) >= 11 is 0. The van der Waals surface area contributed by atoms with Crippen LogP contribution in [0.2, 0.25) is 0 Å². The summed E-state index contributed by atoms with van der Waals surface area (Å²) in [6.45, 7) is 8.67. The number of unbranched alkanes of at least 4 members (excludes halogenated alkanes) is 12. The van der Waals surface area contributed by atoms with Gasteiger partial charge in [-0.2, -0.15) is 10.5 Å². The normalized spacial score (nSPS) is 14.0. The van der Waals surface area contributed by atoms with Crippen molar-refractivity contribution < 1.29 is 19.2 Å². The molecule has 2 aliphatic rings. The van der Waals surface area contributed by atoms with Crippen molar-refractivity contribution in [3.63, 3.8) is 0 Å².